The molecule has 0 bridgehead atoms. The Bertz CT molecular complexity index is 577. The van der Waals surface area contributed by atoms with Crippen molar-refractivity contribution < 1.29 is 4.79 Å². The van der Waals surface area contributed by atoms with Crippen LogP contribution in [0.1, 0.15) is 19.4 Å². The summed E-state index contributed by atoms with van der Waals surface area (Å²) in [6.45, 7) is 4.00. The molecule has 1 aliphatic heterocycles. The normalized spacial score (nSPS) is 13.1. The highest BCUT2D eigenvalue weighted by Gasteiger charge is 2.12. The van der Waals surface area contributed by atoms with Gasteiger partial charge in [0.1, 0.15) is 10.3 Å². The lowest BCUT2D eigenvalue weighted by Crippen LogP contribution is -2.36. The van der Waals surface area contributed by atoms with Gasteiger partial charge in [-0.2, -0.15) is 9.98 Å². The molecule has 1 N–H and O–H groups in total. The summed E-state index contributed by atoms with van der Waals surface area (Å²) in [5.41, 5.74) is 0.760. The molecule has 1 aromatic carbocycles. The average Bonchev–Trinajstić information content (AvgIpc) is 2.55. The third-order valence-corrected chi connectivity index (χ3v) is 2.44. The molecule has 5 heteroatoms. The number of thiocarbonyl (C=S) groups is 1. The van der Waals surface area contributed by atoms with Gasteiger partial charge >= 0.3 is 6.03 Å². The van der Waals surface area contributed by atoms with Gasteiger partial charge in [0, 0.05) is 11.6 Å². The number of carbonyl (C=O) groups excluding carboxylic acids is 1. The van der Waals surface area contributed by atoms with Gasteiger partial charge in [0.2, 0.25) is 0 Å². The third kappa shape index (κ3) is 1.99. The molecule has 0 fully saturated rings. The van der Waals surface area contributed by atoms with E-state index in [1.807, 2.05) is 26.0 Å². The van der Waals surface area contributed by atoms with Crippen LogP contribution in [0, 0.1) is 0 Å². The molecule has 0 saturated heterocycles. The Kier molecular flexibility index (Phi) is 2.78. The van der Waals surface area contributed by atoms with Crippen LogP contribution in [0.2, 0.25) is 0 Å². The molecule has 0 atom stereocenters. The first kappa shape index (κ1) is 10.9. The maximum absolute atomic E-state index is 11.1. The van der Waals surface area contributed by atoms with E-state index < -0.39 is 6.03 Å². The molecule has 1 heterocycles. The van der Waals surface area contributed by atoms with Crippen LogP contribution in [-0.4, -0.2) is 17.1 Å². The fraction of sp³-hybridized carbons (Fsp3) is 0.273. The van der Waals surface area contributed by atoms with Gasteiger partial charge < -0.3 is 5.32 Å². The van der Waals surface area contributed by atoms with Crippen molar-refractivity contribution in [2.24, 2.45) is 9.98 Å². The van der Waals surface area contributed by atoms with E-state index in [4.69, 9.17) is 12.2 Å². The fourth-order valence-electron chi connectivity index (χ4n) is 1.49. The monoisotopic (exact) mass is 233 g/mol. The number of carbonyl (C=O) groups is 1. The van der Waals surface area contributed by atoms with Crippen molar-refractivity contribution in [3.63, 3.8) is 0 Å². The first-order chi connectivity index (χ1) is 7.58. The van der Waals surface area contributed by atoms with Crippen LogP contribution in [0.25, 0.3) is 0 Å². The first-order valence-corrected chi connectivity index (χ1v) is 5.40. The fourth-order valence-corrected chi connectivity index (χ4v) is 1.89. The minimum atomic E-state index is -0.463. The molecule has 0 aromatic heterocycles. The minimum absolute atomic E-state index is 0.248. The summed E-state index contributed by atoms with van der Waals surface area (Å²) in [7, 11) is 0. The zero-order valence-electron chi connectivity index (χ0n) is 9.02. The summed E-state index contributed by atoms with van der Waals surface area (Å²) < 4.78 is 0. The number of nitrogens with zero attached hydrogens (tertiary/aromatic N) is 2. The maximum Gasteiger partial charge on any atom is 0.368 e. The molecular weight excluding hydrogens is 222 g/mol. The van der Waals surface area contributed by atoms with Crippen LogP contribution in [0.5, 0.6) is 0 Å². The van der Waals surface area contributed by atoms with Gasteiger partial charge in [-0.3, -0.25) is 0 Å². The second-order valence-electron chi connectivity index (χ2n) is 3.81. The molecule has 0 unspecified atom stereocenters. The zero-order valence-corrected chi connectivity index (χ0v) is 9.84. The number of benzene rings is 1. The first-order valence-electron chi connectivity index (χ1n) is 4.99. The van der Waals surface area contributed by atoms with Gasteiger partial charge in [-0.05, 0) is 26.0 Å². The summed E-state index contributed by atoms with van der Waals surface area (Å²) in [5.74, 6) is 0. The van der Waals surface area contributed by atoms with Crippen molar-refractivity contribution in [1.82, 2.24) is 5.32 Å². The van der Waals surface area contributed by atoms with E-state index in [0.717, 1.165) is 5.56 Å². The Morgan fingerprint density at radius 2 is 2.12 bits per heavy atom. The molecule has 1 aliphatic rings. The van der Waals surface area contributed by atoms with Crippen molar-refractivity contribution in [1.29, 1.82) is 0 Å². The molecule has 2 rings (SSSR count). The summed E-state index contributed by atoms with van der Waals surface area (Å²) >= 11 is 5.25. The SMILES string of the molecule is CC(C)NC(=S)c1cccc2c1=NC(=O)N=2. The van der Waals surface area contributed by atoms with Crippen molar-refractivity contribution in [2.45, 2.75) is 19.9 Å². The number of amides is 2. The predicted molar refractivity (Wildman–Crippen MR) is 64.1 cm³/mol. The van der Waals surface area contributed by atoms with E-state index in [9.17, 15) is 4.79 Å². The molecule has 1 aromatic rings. The van der Waals surface area contributed by atoms with Gasteiger partial charge in [-0.15, -0.1) is 0 Å². The lowest BCUT2D eigenvalue weighted by molar-refractivity contribution is 0.256. The Morgan fingerprint density at radius 3 is 2.81 bits per heavy atom. The molecule has 2 amide bonds. The molecule has 16 heavy (non-hydrogen) atoms. The average molecular weight is 233 g/mol. The number of hydrogen-bond donors (Lipinski definition) is 1. The zero-order chi connectivity index (χ0) is 11.7. The van der Waals surface area contributed by atoms with E-state index in [-0.39, 0.29) is 6.04 Å². The minimum Gasteiger partial charge on any atom is -0.374 e. The molecule has 0 saturated carbocycles. The van der Waals surface area contributed by atoms with Crippen LogP contribution in [0.4, 0.5) is 4.79 Å². The highest BCUT2D eigenvalue weighted by Crippen LogP contribution is 1.95. The number of para-hydroxylation sites is 1. The van der Waals surface area contributed by atoms with Crippen LogP contribution in [-0.2, 0) is 0 Å². The number of urea groups is 1. The standard InChI is InChI=1S/C11H11N3OS/c1-6(2)12-10(16)7-4-3-5-8-9(7)14-11(15)13-8/h3-6H,1-2H3,(H,12,16). The van der Waals surface area contributed by atoms with Crippen molar-refractivity contribution in [3.05, 3.63) is 34.5 Å². The largest absolute Gasteiger partial charge is 0.374 e. The number of hydrogen-bond acceptors (Lipinski definition) is 2. The third-order valence-electron chi connectivity index (χ3n) is 2.10. The summed E-state index contributed by atoms with van der Waals surface area (Å²) in [5, 5.41) is 4.29. The number of fused-ring (bicyclic) bond motifs is 1. The Hall–Kier alpha value is -1.62. The molecule has 0 spiro atoms. The van der Waals surface area contributed by atoms with Crippen molar-refractivity contribution in [2.75, 3.05) is 0 Å². The van der Waals surface area contributed by atoms with Gasteiger partial charge in [0.15, 0.2) is 0 Å². The number of nitrogens with one attached hydrogen (secondary N) is 1. The number of rotatable bonds is 2. The predicted octanol–water partition coefficient (Wildman–Crippen LogP) is 0.733. The second-order valence-corrected chi connectivity index (χ2v) is 4.22. The quantitative estimate of drug-likeness (QED) is 0.766. The lowest BCUT2D eigenvalue weighted by atomic mass is 10.2. The molecular formula is C11H11N3OS. The Labute approximate surface area is 98.1 Å². The van der Waals surface area contributed by atoms with E-state index in [2.05, 4.69) is 15.3 Å². The maximum atomic E-state index is 11.1. The van der Waals surface area contributed by atoms with E-state index in [1.54, 1.807) is 6.07 Å². The van der Waals surface area contributed by atoms with Gasteiger partial charge in [-0.25, -0.2) is 4.79 Å². The molecule has 0 radical (unpaired) electrons. The van der Waals surface area contributed by atoms with Crippen molar-refractivity contribution in [3.8, 4) is 0 Å². The van der Waals surface area contributed by atoms with Gasteiger partial charge in [0.25, 0.3) is 0 Å². The second kappa shape index (κ2) is 4.09. The van der Waals surface area contributed by atoms with Crippen LogP contribution < -0.4 is 16.0 Å². The van der Waals surface area contributed by atoms with Crippen molar-refractivity contribution >= 4 is 23.2 Å². The lowest BCUT2D eigenvalue weighted by Gasteiger charge is -2.10. The highest BCUT2D eigenvalue weighted by atomic mass is 32.1. The molecule has 4 nitrogen and oxygen atoms in total. The Balaban J connectivity index is 2.51. The van der Waals surface area contributed by atoms with Crippen LogP contribution >= 0.6 is 12.2 Å². The Morgan fingerprint density at radius 1 is 1.38 bits per heavy atom. The summed E-state index contributed by atoms with van der Waals surface area (Å²) in [4.78, 5) is 19.3. The molecule has 82 valence electrons. The smallest absolute Gasteiger partial charge is 0.368 e. The van der Waals surface area contributed by atoms with E-state index in [0.29, 0.717) is 15.7 Å². The molecule has 0 aliphatic carbocycles. The van der Waals surface area contributed by atoms with E-state index >= 15 is 0 Å². The van der Waals surface area contributed by atoms with Crippen LogP contribution in [0.15, 0.2) is 28.2 Å². The summed E-state index contributed by atoms with van der Waals surface area (Å²) in [6.07, 6.45) is 0. The highest BCUT2D eigenvalue weighted by molar-refractivity contribution is 7.80. The topological polar surface area (TPSA) is 53.8 Å². The summed E-state index contributed by atoms with van der Waals surface area (Å²) in [6, 6.07) is 5.20. The van der Waals surface area contributed by atoms with Gasteiger partial charge in [0.05, 0.1) is 5.36 Å². The van der Waals surface area contributed by atoms with Gasteiger partial charge in [-0.1, -0.05) is 18.3 Å². The van der Waals surface area contributed by atoms with Crippen LogP contribution in [0.3, 0.4) is 0 Å². The van der Waals surface area contributed by atoms with E-state index in [1.165, 1.54) is 0 Å².